The van der Waals surface area contributed by atoms with Crippen molar-refractivity contribution in [2.75, 3.05) is 0 Å². The molecule has 1 aromatic carbocycles. The van der Waals surface area contributed by atoms with Crippen molar-refractivity contribution in [2.45, 2.75) is 13.8 Å². The molecule has 0 fully saturated rings. The van der Waals surface area contributed by atoms with E-state index in [1.807, 2.05) is 47.7 Å². The van der Waals surface area contributed by atoms with Gasteiger partial charge in [-0.05, 0) is 37.6 Å². The lowest BCUT2D eigenvalue weighted by Gasteiger charge is -2.06. The summed E-state index contributed by atoms with van der Waals surface area (Å²) < 4.78 is 1.93. The molecule has 0 saturated heterocycles. The first-order chi connectivity index (χ1) is 10.6. The van der Waals surface area contributed by atoms with Crippen LogP contribution in [-0.4, -0.2) is 14.4 Å². The van der Waals surface area contributed by atoms with Crippen LogP contribution in [-0.2, 0) is 0 Å². The average molecular weight is 308 g/mol. The van der Waals surface area contributed by atoms with Gasteiger partial charge in [0, 0.05) is 16.6 Å². The summed E-state index contributed by atoms with van der Waals surface area (Å²) >= 11 is 6.64. The van der Waals surface area contributed by atoms with Crippen LogP contribution in [0.1, 0.15) is 11.3 Å². The van der Waals surface area contributed by atoms with E-state index in [-0.39, 0.29) is 0 Å². The van der Waals surface area contributed by atoms with Crippen LogP contribution in [0.25, 0.3) is 27.9 Å². The first kappa shape index (κ1) is 13.3. The third-order valence-electron chi connectivity index (χ3n) is 3.88. The number of hydrogen-bond acceptors (Lipinski definition) is 2. The fourth-order valence-electron chi connectivity index (χ4n) is 2.87. The monoisotopic (exact) mass is 307 g/mol. The predicted octanol–water partition coefficient (Wildman–Crippen LogP) is 4.82. The summed E-state index contributed by atoms with van der Waals surface area (Å²) in [5.41, 5.74) is 5.63. The lowest BCUT2D eigenvalue weighted by molar-refractivity contribution is 1.14. The first-order valence-corrected chi connectivity index (χ1v) is 7.53. The summed E-state index contributed by atoms with van der Waals surface area (Å²) in [6.45, 7) is 4.08. The zero-order chi connectivity index (χ0) is 15.3. The van der Waals surface area contributed by atoms with Gasteiger partial charge in [-0.15, -0.1) is 0 Å². The van der Waals surface area contributed by atoms with Gasteiger partial charge in [-0.1, -0.05) is 41.9 Å². The van der Waals surface area contributed by atoms with Gasteiger partial charge in [-0.2, -0.15) is 0 Å². The van der Waals surface area contributed by atoms with E-state index in [4.69, 9.17) is 11.6 Å². The number of nitrogens with zero attached hydrogens (tertiary/aromatic N) is 3. The summed E-state index contributed by atoms with van der Waals surface area (Å²) in [4.78, 5) is 9.35. The van der Waals surface area contributed by atoms with Gasteiger partial charge in [0.25, 0.3) is 0 Å². The number of imidazole rings is 1. The highest BCUT2D eigenvalue weighted by Crippen LogP contribution is 2.31. The van der Waals surface area contributed by atoms with Crippen molar-refractivity contribution in [3.63, 3.8) is 0 Å². The normalized spacial score (nSPS) is 11.4. The van der Waals surface area contributed by atoms with Crippen LogP contribution in [0.2, 0.25) is 5.15 Å². The summed E-state index contributed by atoms with van der Waals surface area (Å²) in [5, 5.41) is 1.70. The second kappa shape index (κ2) is 4.82. The Morgan fingerprint density at radius 1 is 0.955 bits per heavy atom. The highest BCUT2D eigenvalue weighted by molar-refractivity contribution is 6.32. The third-order valence-corrected chi connectivity index (χ3v) is 4.23. The molecule has 4 aromatic rings. The van der Waals surface area contributed by atoms with E-state index in [2.05, 4.69) is 29.0 Å². The van der Waals surface area contributed by atoms with Gasteiger partial charge in [0.15, 0.2) is 0 Å². The highest BCUT2D eigenvalue weighted by Gasteiger charge is 2.15. The molecule has 0 amide bonds. The van der Waals surface area contributed by atoms with Crippen LogP contribution >= 0.6 is 11.6 Å². The zero-order valence-electron chi connectivity index (χ0n) is 12.3. The molecule has 0 atom stereocenters. The van der Waals surface area contributed by atoms with Crippen molar-refractivity contribution < 1.29 is 0 Å². The van der Waals surface area contributed by atoms with Gasteiger partial charge in [0.2, 0.25) is 0 Å². The molecule has 0 spiro atoms. The Bertz CT molecular complexity index is 1000. The third kappa shape index (κ3) is 1.90. The molecule has 0 aliphatic heterocycles. The minimum absolute atomic E-state index is 0.601. The van der Waals surface area contributed by atoms with E-state index >= 15 is 0 Å². The van der Waals surface area contributed by atoms with Gasteiger partial charge in [0.1, 0.15) is 22.1 Å². The number of rotatable bonds is 1. The van der Waals surface area contributed by atoms with Crippen LogP contribution in [0, 0.1) is 13.8 Å². The van der Waals surface area contributed by atoms with Gasteiger partial charge in [0.05, 0.1) is 0 Å². The van der Waals surface area contributed by atoms with Crippen LogP contribution in [0.3, 0.4) is 0 Å². The Kier molecular flexibility index (Phi) is 2.91. The topological polar surface area (TPSA) is 30.2 Å². The van der Waals surface area contributed by atoms with E-state index in [1.54, 1.807) is 0 Å². The number of aryl methyl sites for hydroxylation is 2. The van der Waals surface area contributed by atoms with Crippen LogP contribution in [0.4, 0.5) is 0 Å². The molecule has 0 bridgehead atoms. The highest BCUT2D eigenvalue weighted by atomic mass is 35.5. The average Bonchev–Trinajstić information content (AvgIpc) is 2.85. The maximum Gasteiger partial charge on any atom is 0.147 e. The second-order valence-electron chi connectivity index (χ2n) is 5.46. The summed E-state index contributed by atoms with van der Waals surface area (Å²) in [6, 6.07) is 16.1. The lowest BCUT2D eigenvalue weighted by Crippen LogP contribution is -1.95. The van der Waals surface area contributed by atoms with Gasteiger partial charge in [-0.3, -0.25) is 4.40 Å². The molecular weight excluding hydrogens is 294 g/mol. The molecule has 0 aliphatic carbocycles. The maximum atomic E-state index is 6.64. The van der Waals surface area contributed by atoms with Crippen LogP contribution in [0.5, 0.6) is 0 Å². The number of aromatic nitrogens is 3. The molecule has 0 unspecified atom stereocenters. The van der Waals surface area contributed by atoms with E-state index < -0.39 is 0 Å². The molecule has 22 heavy (non-hydrogen) atoms. The standard InChI is InChI=1S/C18H14ClN3/c1-11-10-12(2)20-18-14(11)8-9-15-21-16(17(19)22(15)18)13-6-4-3-5-7-13/h3-10H,1-2H3. The molecule has 3 nitrogen and oxygen atoms in total. The van der Waals surface area contributed by atoms with Crippen molar-refractivity contribution in [2.24, 2.45) is 0 Å². The van der Waals surface area contributed by atoms with E-state index in [9.17, 15) is 0 Å². The van der Waals surface area contributed by atoms with Gasteiger partial charge < -0.3 is 0 Å². The molecule has 3 heterocycles. The predicted molar refractivity (Wildman–Crippen MR) is 90.4 cm³/mol. The fraction of sp³-hybridized carbons (Fsp3) is 0.111. The maximum absolute atomic E-state index is 6.64. The SMILES string of the molecule is Cc1cc(C)c2ccc3nc(-c4ccccc4)c(Cl)n3c2n1. The van der Waals surface area contributed by atoms with Crippen molar-refractivity contribution in [1.82, 2.24) is 14.4 Å². The Hall–Kier alpha value is -2.39. The fourth-order valence-corrected chi connectivity index (χ4v) is 3.19. The summed E-state index contributed by atoms with van der Waals surface area (Å²) in [6.07, 6.45) is 0. The summed E-state index contributed by atoms with van der Waals surface area (Å²) in [7, 11) is 0. The summed E-state index contributed by atoms with van der Waals surface area (Å²) in [5.74, 6) is 0. The zero-order valence-corrected chi connectivity index (χ0v) is 13.1. The van der Waals surface area contributed by atoms with Crippen LogP contribution < -0.4 is 0 Å². The van der Waals surface area contributed by atoms with Crippen molar-refractivity contribution >= 4 is 28.3 Å². The lowest BCUT2D eigenvalue weighted by atomic mass is 10.1. The van der Waals surface area contributed by atoms with Crippen molar-refractivity contribution in [3.05, 3.63) is 64.9 Å². The smallest absolute Gasteiger partial charge is 0.147 e. The first-order valence-electron chi connectivity index (χ1n) is 7.15. The number of hydrogen-bond donors (Lipinski definition) is 0. The van der Waals surface area contributed by atoms with Gasteiger partial charge in [-0.25, -0.2) is 9.97 Å². The largest absolute Gasteiger partial charge is 0.266 e. The minimum atomic E-state index is 0.601. The Morgan fingerprint density at radius 2 is 1.73 bits per heavy atom. The Balaban J connectivity index is 2.13. The molecule has 4 rings (SSSR count). The molecule has 0 N–H and O–H groups in total. The van der Waals surface area contributed by atoms with E-state index in [0.29, 0.717) is 5.15 Å². The number of fused-ring (bicyclic) bond motifs is 3. The molecule has 0 aliphatic rings. The van der Waals surface area contributed by atoms with E-state index in [0.717, 1.165) is 33.6 Å². The second-order valence-corrected chi connectivity index (χ2v) is 5.82. The number of benzene rings is 1. The van der Waals surface area contributed by atoms with Crippen molar-refractivity contribution in [1.29, 1.82) is 0 Å². The Morgan fingerprint density at radius 3 is 2.50 bits per heavy atom. The quantitative estimate of drug-likeness (QED) is 0.504. The molecule has 3 aromatic heterocycles. The molecule has 4 heteroatoms. The Labute approximate surface area is 133 Å². The molecule has 0 radical (unpaired) electrons. The molecule has 108 valence electrons. The number of pyridine rings is 2. The number of halogens is 1. The minimum Gasteiger partial charge on any atom is -0.266 e. The van der Waals surface area contributed by atoms with Crippen molar-refractivity contribution in [3.8, 4) is 11.3 Å². The molecular formula is C18H14ClN3. The van der Waals surface area contributed by atoms with Crippen LogP contribution in [0.15, 0.2) is 48.5 Å². The van der Waals surface area contributed by atoms with Gasteiger partial charge >= 0.3 is 0 Å². The van der Waals surface area contributed by atoms with E-state index in [1.165, 1.54) is 5.56 Å². The molecule has 0 saturated carbocycles.